The SMILES string of the molecule is CC1CCCCCN1C(=O)C[C@@H]1CCC[C@H]1N.Cl. The summed E-state index contributed by atoms with van der Waals surface area (Å²) in [6.07, 6.45) is 9.03. The maximum atomic E-state index is 12.3. The van der Waals surface area contributed by atoms with E-state index in [-0.39, 0.29) is 18.4 Å². The lowest BCUT2D eigenvalue weighted by molar-refractivity contribution is -0.134. The maximum absolute atomic E-state index is 12.3. The Labute approximate surface area is 117 Å². The first-order chi connectivity index (χ1) is 8.18. The molecule has 0 aromatic rings. The molecular formula is C14H27ClN2O. The summed E-state index contributed by atoms with van der Waals surface area (Å²) in [6, 6.07) is 0.698. The summed E-state index contributed by atoms with van der Waals surface area (Å²) in [4.78, 5) is 14.4. The van der Waals surface area contributed by atoms with E-state index in [0.717, 1.165) is 19.4 Å². The summed E-state index contributed by atoms with van der Waals surface area (Å²) in [6.45, 7) is 3.15. The van der Waals surface area contributed by atoms with Gasteiger partial charge in [-0.15, -0.1) is 12.4 Å². The first-order valence-corrected chi connectivity index (χ1v) is 7.23. The number of nitrogens with two attached hydrogens (primary N) is 1. The predicted molar refractivity (Wildman–Crippen MR) is 76.8 cm³/mol. The number of likely N-dealkylation sites (tertiary alicyclic amines) is 1. The number of rotatable bonds is 2. The van der Waals surface area contributed by atoms with Crippen LogP contribution in [0.15, 0.2) is 0 Å². The Morgan fingerprint density at radius 3 is 2.61 bits per heavy atom. The molecule has 0 radical (unpaired) electrons. The molecule has 1 saturated carbocycles. The third-order valence-corrected chi connectivity index (χ3v) is 4.53. The highest BCUT2D eigenvalue weighted by molar-refractivity contribution is 5.85. The van der Waals surface area contributed by atoms with Crippen molar-refractivity contribution in [3.05, 3.63) is 0 Å². The monoisotopic (exact) mass is 274 g/mol. The normalized spacial score (nSPS) is 32.8. The largest absolute Gasteiger partial charge is 0.340 e. The fourth-order valence-corrected chi connectivity index (χ4v) is 3.31. The zero-order chi connectivity index (χ0) is 12.3. The minimum absolute atomic E-state index is 0. The van der Waals surface area contributed by atoms with Crippen LogP contribution in [0.25, 0.3) is 0 Å². The first-order valence-electron chi connectivity index (χ1n) is 7.23. The van der Waals surface area contributed by atoms with Crippen LogP contribution in [-0.2, 0) is 4.79 Å². The highest BCUT2D eigenvalue weighted by atomic mass is 35.5. The maximum Gasteiger partial charge on any atom is 0.223 e. The topological polar surface area (TPSA) is 46.3 Å². The van der Waals surface area contributed by atoms with Gasteiger partial charge < -0.3 is 10.6 Å². The van der Waals surface area contributed by atoms with Crippen molar-refractivity contribution in [3.63, 3.8) is 0 Å². The Hall–Kier alpha value is -0.280. The highest BCUT2D eigenvalue weighted by Crippen LogP contribution is 2.28. The summed E-state index contributed by atoms with van der Waals surface area (Å²) in [5, 5.41) is 0. The van der Waals surface area contributed by atoms with Crippen molar-refractivity contribution < 1.29 is 4.79 Å². The van der Waals surface area contributed by atoms with Gasteiger partial charge in [-0.1, -0.05) is 19.3 Å². The van der Waals surface area contributed by atoms with Crippen molar-refractivity contribution in [2.75, 3.05) is 6.54 Å². The molecule has 18 heavy (non-hydrogen) atoms. The van der Waals surface area contributed by atoms with Gasteiger partial charge in [0.25, 0.3) is 0 Å². The molecule has 0 aromatic heterocycles. The van der Waals surface area contributed by atoms with Crippen LogP contribution >= 0.6 is 12.4 Å². The second-order valence-corrected chi connectivity index (χ2v) is 5.84. The average molecular weight is 275 g/mol. The van der Waals surface area contributed by atoms with E-state index in [1.165, 1.54) is 32.1 Å². The van der Waals surface area contributed by atoms with Gasteiger partial charge in [0.05, 0.1) is 0 Å². The van der Waals surface area contributed by atoms with E-state index in [1.54, 1.807) is 0 Å². The number of hydrogen-bond donors (Lipinski definition) is 1. The van der Waals surface area contributed by atoms with Gasteiger partial charge in [-0.3, -0.25) is 4.79 Å². The van der Waals surface area contributed by atoms with Crippen LogP contribution in [-0.4, -0.2) is 29.4 Å². The third kappa shape index (κ3) is 3.86. The quantitative estimate of drug-likeness (QED) is 0.842. The second-order valence-electron chi connectivity index (χ2n) is 5.84. The van der Waals surface area contributed by atoms with Gasteiger partial charge in [-0.2, -0.15) is 0 Å². The van der Waals surface area contributed by atoms with Gasteiger partial charge in [0.15, 0.2) is 0 Å². The van der Waals surface area contributed by atoms with Crippen LogP contribution in [0.2, 0.25) is 0 Å². The molecule has 2 N–H and O–H groups in total. The van der Waals surface area contributed by atoms with Crippen molar-refractivity contribution in [3.8, 4) is 0 Å². The summed E-state index contributed by atoms with van der Waals surface area (Å²) in [5.74, 6) is 0.791. The highest BCUT2D eigenvalue weighted by Gasteiger charge is 2.29. The molecule has 1 aliphatic heterocycles. The molecule has 0 aromatic carbocycles. The molecule has 4 heteroatoms. The molecule has 1 aliphatic carbocycles. The van der Waals surface area contributed by atoms with Gasteiger partial charge in [0.1, 0.15) is 0 Å². The molecule has 0 bridgehead atoms. The molecule has 3 atom stereocenters. The van der Waals surface area contributed by atoms with Gasteiger partial charge in [0.2, 0.25) is 5.91 Å². The molecule has 1 amide bonds. The van der Waals surface area contributed by atoms with E-state index in [2.05, 4.69) is 11.8 Å². The van der Waals surface area contributed by atoms with E-state index in [0.29, 0.717) is 24.3 Å². The minimum Gasteiger partial charge on any atom is -0.340 e. The molecule has 1 heterocycles. The molecule has 0 spiro atoms. The Morgan fingerprint density at radius 1 is 1.17 bits per heavy atom. The summed E-state index contributed by atoms with van der Waals surface area (Å²) < 4.78 is 0. The smallest absolute Gasteiger partial charge is 0.223 e. The number of carbonyl (C=O) groups excluding carboxylic acids is 1. The van der Waals surface area contributed by atoms with Crippen LogP contribution < -0.4 is 5.73 Å². The van der Waals surface area contributed by atoms with Crippen molar-refractivity contribution in [1.82, 2.24) is 4.90 Å². The number of hydrogen-bond acceptors (Lipinski definition) is 2. The van der Waals surface area contributed by atoms with Crippen LogP contribution in [0, 0.1) is 5.92 Å². The fraction of sp³-hybridized carbons (Fsp3) is 0.929. The fourth-order valence-electron chi connectivity index (χ4n) is 3.31. The van der Waals surface area contributed by atoms with Crippen LogP contribution in [0.4, 0.5) is 0 Å². The van der Waals surface area contributed by atoms with Gasteiger partial charge in [-0.25, -0.2) is 0 Å². The van der Waals surface area contributed by atoms with E-state index in [1.807, 2.05) is 0 Å². The van der Waals surface area contributed by atoms with E-state index < -0.39 is 0 Å². The zero-order valence-electron chi connectivity index (χ0n) is 11.4. The first kappa shape index (κ1) is 15.8. The lowest BCUT2D eigenvalue weighted by Crippen LogP contribution is -2.40. The molecule has 1 saturated heterocycles. The van der Waals surface area contributed by atoms with Crippen molar-refractivity contribution in [1.29, 1.82) is 0 Å². The van der Waals surface area contributed by atoms with E-state index >= 15 is 0 Å². The number of nitrogens with zero attached hydrogens (tertiary/aromatic N) is 1. The molecule has 1 unspecified atom stereocenters. The summed E-state index contributed by atoms with van der Waals surface area (Å²) >= 11 is 0. The Balaban J connectivity index is 0.00000162. The van der Waals surface area contributed by atoms with Crippen LogP contribution in [0.1, 0.15) is 58.3 Å². The standard InChI is InChI=1S/C14H26N2O.ClH/c1-11-6-3-2-4-9-16(11)14(17)10-12-7-5-8-13(12)15;/h11-13H,2-10,15H2,1H3;1H/t11?,12-,13+;/m0./s1. The van der Waals surface area contributed by atoms with Gasteiger partial charge in [0, 0.05) is 25.0 Å². The Bertz CT molecular complexity index is 273. The molecule has 2 rings (SSSR count). The average Bonchev–Trinajstić information content (AvgIpc) is 2.57. The Morgan fingerprint density at radius 2 is 1.94 bits per heavy atom. The predicted octanol–water partition coefficient (Wildman–Crippen LogP) is 2.72. The van der Waals surface area contributed by atoms with Crippen molar-refractivity contribution in [2.45, 2.75) is 70.4 Å². The molecule has 2 fully saturated rings. The van der Waals surface area contributed by atoms with Gasteiger partial charge in [-0.05, 0) is 38.5 Å². The number of halogens is 1. The molecular weight excluding hydrogens is 248 g/mol. The lowest BCUT2D eigenvalue weighted by atomic mass is 9.99. The minimum atomic E-state index is 0. The number of amides is 1. The van der Waals surface area contributed by atoms with Crippen molar-refractivity contribution in [2.24, 2.45) is 11.7 Å². The second kappa shape index (κ2) is 7.34. The Kier molecular flexibility index (Phi) is 6.44. The van der Waals surface area contributed by atoms with Crippen LogP contribution in [0.3, 0.4) is 0 Å². The molecule has 106 valence electrons. The van der Waals surface area contributed by atoms with E-state index in [4.69, 9.17) is 5.73 Å². The number of carbonyl (C=O) groups is 1. The van der Waals surface area contributed by atoms with Crippen molar-refractivity contribution >= 4 is 18.3 Å². The van der Waals surface area contributed by atoms with E-state index in [9.17, 15) is 4.79 Å². The zero-order valence-corrected chi connectivity index (χ0v) is 12.3. The van der Waals surface area contributed by atoms with Gasteiger partial charge >= 0.3 is 0 Å². The third-order valence-electron chi connectivity index (χ3n) is 4.53. The lowest BCUT2D eigenvalue weighted by Gasteiger charge is -2.29. The molecule has 3 nitrogen and oxygen atoms in total. The summed E-state index contributed by atoms with van der Waals surface area (Å²) in [7, 11) is 0. The van der Waals surface area contributed by atoms with Crippen LogP contribution in [0.5, 0.6) is 0 Å². The molecule has 2 aliphatic rings. The summed E-state index contributed by atoms with van der Waals surface area (Å²) in [5.41, 5.74) is 6.05.